The van der Waals surface area contributed by atoms with Crippen molar-refractivity contribution in [3.05, 3.63) is 0 Å². The van der Waals surface area contributed by atoms with Crippen molar-refractivity contribution in [1.29, 1.82) is 0 Å². The van der Waals surface area contributed by atoms with Gasteiger partial charge in [0.25, 0.3) is 5.92 Å². The van der Waals surface area contributed by atoms with Gasteiger partial charge in [-0.25, -0.2) is 8.78 Å². The minimum atomic E-state index is -3.45. The highest BCUT2D eigenvalue weighted by atomic mass is 127. The zero-order chi connectivity index (χ0) is 12.6. The highest BCUT2D eigenvalue weighted by molar-refractivity contribution is 14.1. The van der Waals surface area contributed by atoms with E-state index in [2.05, 4.69) is 9.47 Å². The van der Waals surface area contributed by atoms with Crippen molar-refractivity contribution >= 4 is 34.5 Å². The molecule has 92 valence electrons. The summed E-state index contributed by atoms with van der Waals surface area (Å²) >= 11 is 1.53. The van der Waals surface area contributed by atoms with E-state index >= 15 is 0 Å². The average molecular weight is 348 g/mol. The number of ether oxygens (including phenoxy) is 2. The lowest BCUT2D eigenvalue weighted by molar-refractivity contribution is -0.191. The number of rotatable bonds is 2. The molecule has 0 aromatic rings. The van der Waals surface area contributed by atoms with Gasteiger partial charge in [0.15, 0.2) is 0 Å². The van der Waals surface area contributed by atoms with Crippen molar-refractivity contribution in [1.82, 2.24) is 0 Å². The summed E-state index contributed by atoms with van der Waals surface area (Å²) in [4.78, 5) is 23.0. The van der Waals surface area contributed by atoms with Crippen LogP contribution in [-0.4, -0.2) is 36.0 Å². The van der Waals surface area contributed by atoms with Gasteiger partial charge in [0, 0.05) is 0 Å². The Kier molecular flexibility index (Phi) is 3.76. The van der Waals surface area contributed by atoms with Gasteiger partial charge in [-0.05, 0) is 12.8 Å². The van der Waals surface area contributed by atoms with Crippen LogP contribution < -0.4 is 0 Å². The maximum absolute atomic E-state index is 13.9. The summed E-state index contributed by atoms with van der Waals surface area (Å²) < 4.78 is 35.4. The molecular weight excluding hydrogens is 337 g/mol. The minimum absolute atomic E-state index is 0.0672. The van der Waals surface area contributed by atoms with Crippen molar-refractivity contribution in [2.75, 3.05) is 14.2 Å². The highest BCUT2D eigenvalue weighted by Gasteiger charge is 2.72. The summed E-state index contributed by atoms with van der Waals surface area (Å²) in [6, 6.07) is 0. The summed E-state index contributed by atoms with van der Waals surface area (Å²) in [5.74, 6) is -5.92. The Bertz CT molecular complexity index is 303. The molecule has 0 N–H and O–H groups in total. The third-order valence-electron chi connectivity index (χ3n) is 2.80. The fourth-order valence-electron chi connectivity index (χ4n) is 1.87. The van der Waals surface area contributed by atoms with Gasteiger partial charge in [0.1, 0.15) is 0 Å². The topological polar surface area (TPSA) is 52.6 Å². The van der Waals surface area contributed by atoms with Crippen LogP contribution in [0.5, 0.6) is 0 Å². The van der Waals surface area contributed by atoms with E-state index in [-0.39, 0.29) is 12.8 Å². The van der Waals surface area contributed by atoms with Crippen molar-refractivity contribution in [3.63, 3.8) is 0 Å². The first kappa shape index (κ1) is 13.6. The molecule has 1 aliphatic carbocycles. The molecule has 0 saturated heterocycles. The maximum atomic E-state index is 13.9. The number of hydrogen-bond acceptors (Lipinski definition) is 4. The standard InChI is InChI=1S/C9H11F2IO4/c1-15-6(13)8(7(14)16-2)4-3-5(12)9(8,10)11/h5H,3-4H2,1-2H3. The second-order valence-corrected chi connectivity index (χ2v) is 5.02. The molecule has 0 radical (unpaired) electrons. The second kappa shape index (κ2) is 4.42. The Hall–Kier alpha value is -0.470. The summed E-state index contributed by atoms with van der Waals surface area (Å²) in [5, 5.41) is 0. The molecule has 1 unspecified atom stereocenters. The number of alkyl halides is 3. The van der Waals surface area contributed by atoms with Crippen LogP contribution in [0.3, 0.4) is 0 Å². The van der Waals surface area contributed by atoms with Crippen LogP contribution in [0.2, 0.25) is 0 Å². The molecule has 1 atom stereocenters. The number of carbonyl (C=O) groups excluding carboxylic acids is 2. The summed E-state index contributed by atoms with van der Waals surface area (Å²) in [6.45, 7) is 0. The van der Waals surface area contributed by atoms with E-state index in [1.54, 1.807) is 0 Å². The van der Waals surface area contributed by atoms with Crippen molar-refractivity contribution in [2.45, 2.75) is 22.7 Å². The molecule has 16 heavy (non-hydrogen) atoms. The van der Waals surface area contributed by atoms with Gasteiger partial charge in [0.05, 0.1) is 18.1 Å². The highest BCUT2D eigenvalue weighted by Crippen LogP contribution is 2.54. The number of methoxy groups -OCH3 is 2. The lowest BCUT2D eigenvalue weighted by Crippen LogP contribution is -2.53. The number of carbonyl (C=O) groups is 2. The van der Waals surface area contributed by atoms with Crippen LogP contribution in [0.4, 0.5) is 8.78 Å². The second-order valence-electron chi connectivity index (χ2n) is 3.52. The minimum Gasteiger partial charge on any atom is -0.468 e. The SMILES string of the molecule is COC(=O)C1(C(=O)OC)CCC(I)C1(F)F. The Morgan fingerprint density at radius 3 is 1.94 bits per heavy atom. The van der Waals surface area contributed by atoms with E-state index in [1.165, 1.54) is 22.6 Å². The number of esters is 2. The quantitative estimate of drug-likeness (QED) is 0.329. The van der Waals surface area contributed by atoms with Gasteiger partial charge in [-0.15, -0.1) is 0 Å². The van der Waals surface area contributed by atoms with Gasteiger partial charge < -0.3 is 9.47 Å². The van der Waals surface area contributed by atoms with Crippen LogP contribution in [0.25, 0.3) is 0 Å². The molecular formula is C9H11F2IO4. The van der Waals surface area contributed by atoms with Crippen LogP contribution in [0.15, 0.2) is 0 Å². The smallest absolute Gasteiger partial charge is 0.329 e. The molecule has 1 saturated carbocycles. The Morgan fingerprint density at radius 1 is 1.25 bits per heavy atom. The lowest BCUT2D eigenvalue weighted by Gasteiger charge is -2.30. The molecule has 0 amide bonds. The van der Waals surface area contributed by atoms with Gasteiger partial charge >= 0.3 is 11.9 Å². The normalized spacial score (nSPS) is 26.2. The molecule has 7 heteroatoms. The van der Waals surface area contributed by atoms with E-state index < -0.39 is 27.2 Å². The van der Waals surface area contributed by atoms with Gasteiger partial charge in [0.2, 0.25) is 5.41 Å². The molecule has 0 spiro atoms. The van der Waals surface area contributed by atoms with Crippen molar-refractivity contribution in [3.8, 4) is 0 Å². The van der Waals surface area contributed by atoms with Crippen LogP contribution in [-0.2, 0) is 19.1 Å². The van der Waals surface area contributed by atoms with Gasteiger partial charge in [-0.3, -0.25) is 9.59 Å². The Labute approximate surface area is 105 Å². The van der Waals surface area contributed by atoms with E-state index in [0.717, 1.165) is 14.2 Å². The molecule has 0 aromatic carbocycles. The number of halogens is 3. The molecule has 1 rings (SSSR count). The van der Waals surface area contributed by atoms with Gasteiger partial charge in [-0.1, -0.05) is 22.6 Å². The predicted octanol–water partition coefficient (Wildman–Crippen LogP) is 1.55. The summed E-state index contributed by atoms with van der Waals surface area (Å²) in [7, 11) is 1.95. The predicted molar refractivity (Wildman–Crippen MR) is 58.5 cm³/mol. The largest absolute Gasteiger partial charge is 0.468 e. The fraction of sp³-hybridized carbons (Fsp3) is 0.778. The van der Waals surface area contributed by atoms with E-state index in [1.807, 2.05) is 0 Å². The van der Waals surface area contributed by atoms with Gasteiger partial charge in [-0.2, -0.15) is 0 Å². The molecule has 0 heterocycles. The molecule has 0 aliphatic heterocycles. The molecule has 4 nitrogen and oxygen atoms in total. The van der Waals surface area contributed by atoms with Crippen LogP contribution >= 0.6 is 22.6 Å². The third-order valence-corrected chi connectivity index (χ3v) is 4.21. The molecule has 1 aliphatic rings. The first-order chi connectivity index (χ1) is 7.34. The summed E-state index contributed by atoms with van der Waals surface area (Å²) in [5.41, 5.74) is -2.48. The molecule has 0 aromatic heterocycles. The maximum Gasteiger partial charge on any atom is 0.329 e. The first-order valence-corrected chi connectivity index (χ1v) is 5.78. The molecule has 1 fully saturated rings. The van der Waals surface area contributed by atoms with E-state index in [9.17, 15) is 18.4 Å². The van der Waals surface area contributed by atoms with Crippen LogP contribution in [0.1, 0.15) is 12.8 Å². The molecule has 0 bridgehead atoms. The number of hydrogen-bond donors (Lipinski definition) is 0. The van der Waals surface area contributed by atoms with Crippen molar-refractivity contribution < 1.29 is 27.8 Å². The fourth-order valence-corrected chi connectivity index (χ4v) is 2.71. The summed E-state index contributed by atoms with van der Waals surface area (Å²) in [6.07, 6.45) is -0.190. The van der Waals surface area contributed by atoms with Crippen molar-refractivity contribution in [2.24, 2.45) is 5.41 Å². The zero-order valence-corrected chi connectivity index (χ0v) is 10.9. The lowest BCUT2D eigenvalue weighted by atomic mass is 9.83. The van der Waals surface area contributed by atoms with Crippen LogP contribution in [0, 0.1) is 5.41 Å². The zero-order valence-electron chi connectivity index (χ0n) is 8.76. The average Bonchev–Trinajstić information content (AvgIpc) is 2.50. The first-order valence-electron chi connectivity index (χ1n) is 4.53. The van der Waals surface area contributed by atoms with E-state index in [4.69, 9.17) is 0 Å². The Morgan fingerprint density at radius 2 is 1.69 bits per heavy atom. The monoisotopic (exact) mass is 348 g/mol. The third kappa shape index (κ3) is 1.59. The van der Waals surface area contributed by atoms with E-state index in [0.29, 0.717) is 0 Å². The Balaban J connectivity index is 3.26.